The van der Waals surface area contributed by atoms with E-state index in [0.717, 1.165) is 17.7 Å². The first-order valence-electron chi connectivity index (χ1n) is 4.83. The maximum atomic E-state index is 5.98. The molecular weight excluding hydrogens is 214 g/mol. The number of nitrogens with two attached hydrogens (primary N) is 1. The summed E-state index contributed by atoms with van der Waals surface area (Å²) in [4.78, 5) is 0. The molecule has 1 aromatic rings. The Morgan fingerprint density at radius 2 is 2.00 bits per heavy atom. The minimum Gasteiger partial charge on any atom is -0.453 e. The van der Waals surface area contributed by atoms with Crippen molar-refractivity contribution in [1.82, 2.24) is 0 Å². The van der Waals surface area contributed by atoms with Crippen LogP contribution in [0.3, 0.4) is 0 Å². The summed E-state index contributed by atoms with van der Waals surface area (Å²) >= 11 is 5.98. The molecule has 4 heteroatoms. The summed E-state index contributed by atoms with van der Waals surface area (Å²) in [6, 6.07) is 3.75. The lowest BCUT2D eigenvalue weighted by Gasteiger charge is -2.19. The predicted octanol–water partition coefficient (Wildman–Crippen LogP) is 2.35. The van der Waals surface area contributed by atoms with Gasteiger partial charge in [0.15, 0.2) is 11.5 Å². The van der Waals surface area contributed by atoms with E-state index in [1.807, 2.05) is 26.0 Å². The molecule has 1 heterocycles. The zero-order valence-corrected chi connectivity index (χ0v) is 9.60. The SMILES string of the molecule is CC(C)(N)Cc1ccc(Cl)c2c1OCO2. The summed E-state index contributed by atoms with van der Waals surface area (Å²) in [6.45, 7) is 4.19. The van der Waals surface area contributed by atoms with E-state index in [-0.39, 0.29) is 12.3 Å². The molecule has 1 aliphatic heterocycles. The second kappa shape index (κ2) is 3.58. The fraction of sp³-hybridized carbons (Fsp3) is 0.455. The molecule has 82 valence electrons. The van der Waals surface area contributed by atoms with E-state index >= 15 is 0 Å². The smallest absolute Gasteiger partial charge is 0.231 e. The van der Waals surface area contributed by atoms with Crippen LogP contribution in [-0.4, -0.2) is 12.3 Å². The van der Waals surface area contributed by atoms with Gasteiger partial charge in [-0.05, 0) is 26.3 Å². The molecule has 0 radical (unpaired) electrons. The average Bonchev–Trinajstić information content (AvgIpc) is 2.57. The highest BCUT2D eigenvalue weighted by atomic mass is 35.5. The Labute approximate surface area is 94.1 Å². The van der Waals surface area contributed by atoms with Crippen LogP contribution in [-0.2, 0) is 6.42 Å². The third-order valence-corrected chi connectivity index (χ3v) is 2.50. The van der Waals surface area contributed by atoms with Crippen molar-refractivity contribution in [3.63, 3.8) is 0 Å². The molecule has 2 rings (SSSR count). The number of rotatable bonds is 2. The van der Waals surface area contributed by atoms with E-state index in [1.165, 1.54) is 0 Å². The van der Waals surface area contributed by atoms with Crippen molar-refractivity contribution >= 4 is 11.6 Å². The normalized spacial score (nSPS) is 14.4. The highest BCUT2D eigenvalue weighted by Crippen LogP contribution is 2.42. The first-order chi connectivity index (χ1) is 6.97. The molecule has 0 fully saturated rings. The van der Waals surface area contributed by atoms with Gasteiger partial charge in [-0.15, -0.1) is 0 Å². The van der Waals surface area contributed by atoms with Crippen LogP contribution in [0.5, 0.6) is 11.5 Å². The van der Waals surface area contributed by atoms with Gasteiger partial charge < -0.3 is 15.2 Å². The molecule has 2 N–H and O–H groups in total. The van der Waals surface area contributed by atoms with Gasteiger partial charge in [0, 0.05) is 11.1 Å². The van der Waals surface area contributed by atoms with E-state index < -0.39 is 0 Å². The van der Waals surface area contributed by atoms with Gasteiger partial charge in [-0.1, -0.05) is 17.7 Å². The Morgan fingerprint density at radius 1 is 1.33 bits per heavy atom. The van der Waals surface area contributed by atoms with Gasteiger partial charge in [-0.25, -0.2) is 0 Å². The topological polar surface area (TPSA) is 44.5 Å². The van der Waals surface area contributed by atoms with Crippen LogP contribution in [0.2, 0.25) is 5.02 Å². The Hall–Kier alpha value is -0.930. The molecule has 0 saturated heterocycles. The van der Waals surface area contributed by atoms with E-state index in [2.05, 4.69) is 0 Å². The largest absolute Gasteiger partial charge is 0.453 e. The molecule has 0 aromatic heterocycles. The zero-order chi connectivity index (χ0) is 11.1. The molecule has 0 saturated carbocycles. The summed E-state index contributed by atoms with van der Waals surface area (Å²) in [5.74, 6) is 1.37. The number of fused-ring (bicyclic) bond motifs is 1. The molecule has 3 nitrogen and oxygen atoms in total. The van der Waals surface area contributed by atoms with E-state index in [0.29, 0.717) is 10.8 Å². The summed E-state index contributed by atoms with van der Waals surface area (Å²) < 4.78 is 10.7. The van der Waals surface area contributed by atoms with Crippen molar-refractivity contribution in [2.24, 2.45) is 5.73 Å². The molecular formula is C11H14ClNO2. The minimum absolute atomic E-state index is 0.233. The van der Waals surface area contributed by atoms with Crippen LogP contribution in [0.25, 0.3) is 0 Å². The maximum Gasteiger partial charge on any atom is 0.231 e. The predicted molar refractivity (Wildman–Crippen MR) is 59.5 cm³/mol. The standard InChI is InChI=1S/C11H14ClNO2/c1-11(2,13)5-7-3-4-8(12)10-9(7)14-6-15-10/h3-4H,5-6,13H2,1-2H3. The molecule has 1 aromatic carbocycles. The van der Waals surface area contributed by atoms with Gasteiger partial charge in [-0.2, -0.15) is 0 Å². The molecule has 0 bridgehead atoms. The van der Waals surface area contributed by atoms with Crippen LogP contribution in [0, 0.1) is 0 Å². The molecule has 0 unspecified atom stereocenters. The molecule has 1 aliphatic rings. The van der Waals surface area contributed by atoms with E-state index in [9.17, 15) is 0 Å². The molecule has 0 atom stereocenters. The lowest BCUT2D eigenvalue weighted by molar-refractivity contribution is 0.173. The molecule has 0 spiro atoms. The van der Waals surface area contributed by atoms with Crippen molar-refractivity contribution in [1.29, 1.82) is 0 Å². The second-order valence-corrected chi connectivity index (χ2v) is 4.84. The first kappa shape index (κ1) is 10.6. The van der Waals surface area contributed by atoms with Gasteiger partial charge in [0.1, 0.15) is 0 Å². The van der Waals surface area contributed by atoms with Gasteiger partial charge in [0.2, 0.25) is 6.79 Å². The van der Waals surface area contributed by atoms with Gasteiger partial charge in [-0.3, -0.25) is 0 Å². The van der Waals surface area contributed by atoms with Crippen molar-refractivity contribution in [2.45, 2.75) is 25.8 Å². The van der Waals surface area contributed by atoms with Crippen LogP contribution < -0.4 is 15.2 Å². The van der Waals surface area contributed by atoms with Crippen LogP contribution in [0.4, 0.5) is 0 Å². The number of hydrogen-bond acceptors (Lipinski definition) is 3. The monoisotopic (exact) mass is 227 g/mol. The van der Waals surface area contributed by atoms with Crippen molar-refractivity contribution in [2.75, 3.05) is 6.79 Å². The zero-order valence-electron chi connectivity index (χ0n) is 8.84. The van der Waals surface area contributed by atoms with E-state index in [1.54, 1.807) is 0 Å². The number of benzene rings is 1. The summed E-state index contributed by atoms with van der Waals surface area (Å²) in [5.41, 5.74) is 6.74. The summed E-state index contributed by atoms with van der Waals surface area (Å²) in [6.07, 6.45) is 0.732. The Balaban J connectivity index is 2.38. The molecule has 0 amide bonds. The Morgan fingerprint density at radius 3 is 2.67 bits per heavy atom. The summed E-state index contributed by atoms with van der Waals surface area (Å²) in [7, 11) is 0. The highest BCUT2D eigenvalue weighted by Gasteiger charge is 2.23. The Kier molecular flexibility index (Phi) is 2.52. The number of ether oxygens (including phenoxy) is 2. The maximum absolute atomic E-state index is 5.98. The third-order valence-electron chi connectivity index (χ3n) is 2.20. The van der Waals surface area contributed by atoms with Crippen molar-refractivity contribution < 1.29 is 9.47 Å². The molecule has 15 heavy (non-hydrogen) atoms. The average molecular weight is 228 g/mol. The van der Waals surface area contributed by atoms with Gasteiger partial charge in [0.25, 0.3) is 0 Å². The van der Waals surface area contributed by atoms with Crippen molar-refractivity contribution in [3.8, 4) is 11.5 Å². The van der Waals surface area contributed by atoms with Gasteiger partial charge >= 0.3 is 0 Å². The lowest BCUT2D eigenvalue weighted by Crippen LogP contribution is -2.34. The van der Waals surface area contributed by atoms with Crippen LogP contribution in [0.1, 0.15) is 19.4 Å². The highest BCUT2D eigenvalue weighted by molar-refractivity contribution is 6.32. The fourth-order valence-electron chi connectivity index (χ4n) is 1.65. The summed E-state index contributed by atoms with van der Waals surface area (Å²) in [5, 5.41) is 0.584. The Bertz CT molecular complexity index is 385. The first-order valence-corrected chi connectivity index (χ1v) is 5.21. The molecule has 0 aliphatic carbocycles. The van der Waals surface area contributed by atoms with Gasteiger partial charge in [0.05, 0.1) is 5.02 Å². The van der Waals surface area contributed by atoms with E-state index in [4.69, 9.17) is 26.8 Å². The fourth-order valence-corrected chi connectivity index (χ4v) is 1.85. The minimum atomic E-state index is -0.270. The number of halogens is 1. The van der Waals surface area contributed by atoms with Crippen LogP contribution in [0.15, 0.2) is 12.1 Å². The third kappa shape index (κ3) is 2.19. The second-order valence-electron chi connectivity index (χ2n) is 4.44. The quantitative estimate of drug-likeness (QED) is 0.844. The lowest BCUT2D eigenvalue weighted by atomic mass is 9.95. The number of hydrogen-bond donors (Lipinski definition) is 1. The van der Waals surface area contributed by atoms with Crippen molar-refractivity contribution in [3.05, 3.63) is 22.7 Å². The van der Waals surface area contributed by atoms with Crippen LogP contribution >= 0.6 is 11.6 Å².